The van der Waals surface area contributed by atoms with E-state index in [9.17, 15) is 4.79 Å². The van der Waals surface area contributed by atoms with Gasteiger partial charge in [-0.15, -0.1) is 0 Å². The predicted molar refractivity (Wildman–Crippen MR) is 79.9 cm³/mol. The van der Waals surface area contributed by atoms with Crippen LogP contribution in [0.5, 0.6) is 0 Å². The number of carbonyl (C=O) groups excluding carboxylic acids is 1. The number of nitrogens with zero attached hydrogens (tertiary/aromatic N) is 4. The molecule has 21 heavy (non-hydrogen) atoms. The highest BCUT2D eigenvalue weighted by Crippen LogP contribution is 2.07. The average Bonchev–Trinajstić information content (AvgIpc) is 3.03. The smallest absolute Gasteiger partial charge is 0.254 e. The van der Waals surface area contributed by atoms with Gasteiger partial charge in [0.2, 0.25) is 0 Å². The van der Waals surface area contributed by atoms with Gasteiger partial charge in [-0.1, -0.05) is 0 Å². The molecule has 0 aromatic carbocycles. The predicted octanol–water partition coefficient (Wildman–Crippen LogP) is 0.246. The molecule has 2 aromatic heterocycles. The van der Waals surface area contributed by atoms with Crippen LogP contribution in [0.1, 0.15) is 28.3 Å². The Morgan fingerprint density at radius 1 is 1.48 bits per heavy atom. The van der Waals surface area contributed by atoms with Gasteiger partial charge in [0.05, 0.1) is 11.8 Å². The van der Waals surface area contributed by atoms with Crippen LogP contribution in [-0.4, -0.2) is 38.3 Å². The van der Waals surface area contributed by atoms with Gasteiger partial charge < -0.3 is 15.6 Å². The van der Waals surface area contributed by atoms with E-state index in [4.69, 9.17) is 5.73 Å². The molecule has 114 valence electrons. The fourth-order valence-electron chi connectivity index (χ4n) is 2.16. The second-order valence-corrected chi connectivity index (χ2v) is 4.97. The van der Waals surface area contributed by atoms with Crippen molar-refractivity contribution in [2.24, 2.45) is 12.8 Å². The molecule has 0 saturated carbocycles. The number of aryl methyl sites for hydroxylation is 2. The third kappa shape index (κ3) is 3.69. The van der Waals surface area contributed by atoms with Crippen molar-refractivity contribution < 1.29 is 4.79 Å². The Labute approximate surface area is 124 Å². The lowest BCUT2D eigenvalue weighted by Gasteiger charge is -2.06. The fourth-order valence-corrected chi connectivity index (χ4v) is 2.16. The molecule has 0 aliphatic heterocycles. The first-order chi connectivity index (χ1) is 10.1. The Morgan fingerprint density at radius 2 is 2.29 bits per heavy atom. The number of nitrogens with one attached hydrogen (secondary N) is 1. The summed E-state index contributed by atoms with van der Waals surface area (Å²) in [6, 6.07) is 0. The monoisotopic (exact) mass is 290 g/mol. The zero-order valence-corrected chi connectivity index (χ0v) is 12.5. The van der Waals surface area contributed by atoms with Crippen molar-refractivity contribution in [3.8, 4) is 0 Å². The van der Waals surface area contributed by atoms with Crippen molar-refractivity contribution in [2.75, 3.05) is 13.1 Å². The summed E-state index contributed by atoms with van der Waals surface area (Å²) in [7, 11) is 1.94. The van der Waals surface area contributed by atoms with Crippen molar-refractivity contribution in [1.29, 1.82) is 0 Å². The lowest BCUT2D eigenvalue weighted by atomic mass is 10.2. The van der Waals surface area contributed by atoms with E-state index < -0.39 is 0 Å². The second kappa shape index (κ2) is 7.03. The third-order valence-electron chi connectivity index (χ3n) is 3.48. The highest BCUT2D eigenvalue weighted by atomic mass is 16.1. The summed E-state index contributed by atoms with van der Waals surface area (Å²) in [5.74, 6) is 0.853. The van der Waals surface area contributed by atoms with E-state index >= 15 is 0 Å². The summed E-state index contributed by atoms with van der Waals surface area (Å²) in [6.45, 7) is 3.81. The molecule has 0 unspecified atom stereocenters. The molecule has 0 aliphatic carbocycles. The number of carbonyl (C=O) groups is 1. The molecule has 2 heterocycles. The van der Waals surface area contributed by atoms with Crippen LogP contribution in [-0.2, 0) is 20.0 Å². The standard InChI is InChI=1S/C14H22N6O/c1-11-12(10-18-20(11)8-3-5-15)14(21)17-6-4-13-16-7-9-19(13)2/h7,9-10H,3-6,8,15H2,1-2H3,(H,17,21). The summed E-state index contributed by atoms with van der Waals surface area (Å²) in [6.07, 6.45) is 6.81. The van der Waals surface area contributed by atoms with Gasteiger partial charge in [0.1, 0.15) is 5.82 Å². The van der Waals surface area contributed by atoms with Crippen molar-refractivity contribution in [3.63, 3.8) is 0 Å². The zero-order valence-electron chi connectivity index (χ0n) is 12.5. The summed E-state index contributed by atoms with van der Waals surface area (Å²) >= 11 is 0. The lowest BCUT2D eigenvalue weighted by Crippen LogP contribution is -2.26. The minimum absolute atomic E-state index is 0.0966. The van der Waals surface area contributed by atoms with Gasteiger partial charge in [0.25, 0.3) is 5.91 Å². The number of nitrogens with two attached hydrogens (primary N) is 1. The first-order valence-electron chi connectivity index (χ1n) is 7.10. The van der Waals surface area contributed by atoms with E-state index in [1.54, 1.807) is 12.4 Å². The van der Waals surface area contributed by atoms with Gasteiger partial charge >= 0.3 is 0 Å². The van der Waals surface area contributed by atoms with Crippen LogP contribution in [0.4, 0.5) is 0 Å². The third-order valence-corrected chi connectivity index (χ3v) is 3.48. The number of imidazole rings is 1. The van der Waals surface area contributed by atoms with Crippen LogP contribution < -0.4 is 11.1 Å². The largest absolute Gasteiger partial charge is 0.351 e. The highest BCUT2D eigenvalue weighted by molar-refractivity contribution is 5.95. The van der Waals surface area contributed by atoms with Crippen LogP contribution in [0.3, 0.4) is 0 Å². The zero-order chi connectivity index (χ0) is 15.2. The Bertz CT molecular complexity index is 600. The van der Waals surface area contributed by atoms with Crippen molar-refractivity contribution >= 4 is 5.91 Å². The minimum atomic E-state index is -0.0966. The number of amides is 1. The Balaban J connectivity index is 1.88. The normalized spacial score (nSPS) is 10.8. The maximum atomic E-state index is 12.1. The molecule has 0 atom stereocenters. The molecule has 0 saturated heterocycles. The van der Waals surface area contributed by atoms with Crippen LogP contribution in [0.25, 0.3) is 0 Å². The fraction of sp³-hybridized carbons (Fsp3) is 0.500. The van der Waals surface area contributed by atoms with Gasteiger partial charge in [-0.2, -0.15) is 5.10 Å². The van der Waals surface area contributed by atoms with Crippen molar-refractivity contribution in [3.05, 3.63) is 35.7 Å². The molecule has 7 heteroatoms. The number of hydrogen-bond acceptors (Lipinski definition) is 4. The van der Waals surface area contributed by atoms with Crippen LogP contribution in [0.2, 0.25) is 0 Å². The lowest BCUT2D eigenvalue weighted by molar-refractivity contribution is 0.0953. The summed E-state index contributed by atoms with van der Waals surface area (Å²) in [5.41, 5.74) is 6.98. The quantitative estimate of drug-likeness (QED) is 0.764. The number of hydrogen-bond donors (Lipinski definition) is 2. The van der Waals surface area contributed by atoms with Crippen LogP contribution in [0, 0.1) is 6.92 Å². The molecular weight excluding hydrogens is 268 g/mol. The average molecular weight is 290 g/mol. The molecule has 0 radical (unpaired) electrons. The maximum Gasteiger partial charge on any atom is 0.254 e. The van der Waals surface area contributed by atoms with Crippen molar-refractivity contribution in [1.82, 2.24) is 24.6 Å². The van der Waals surface area contributed by atoms with Gasteiger partial charge in [0, 0.05) is 44.6 Å². The van der Waals surface area contributed by atoms with E-state index in [0.29, 0.717) is 25.1 Å². The molecular formula is C14H22N6O. The van der Waals surface area contributed by atoms with Gasteiger partial charge in [0.15, 0.2) is 0 Å². The molecule has 0 spiro atoms. The minimum Gasteiger partial charge on any atom is -0.351 e. The highest BCUT2D eigenvalue weighted by Gasteiger charge is 2.13. The first kappa shape index (κ1) is 15.2. The van der Waals surface area contributed by atoms with Gasteiger partial charge in [-0.05, 0) is 19.9 Å². The van der Waals surface area contributed by atoms with Crippen LogP contribution in [0.15, 0.2) is 18.6 Å². The first-order valence-corrected chi connectivity index (χ1v) is 7.10. The maximum absolute atomic E-state index is 12.1. The molecule has 0 fully saturated rings. The van der Waals surface area contributed by atoms with E-state index in [0.717, 1.165) is 24.5 Å². The molecule has 1 amide bonds. The Hall–Kier alpha value is -2.15. The van der Waals surface area contributed by atoms with E-state index in [-0.39, 0.29) is 5.91 Å². The molecule has 0 aliphatic rings. The Morgan fingerprint density at radius 3 is 2.95 bits per heavy atom. The number of rotatable bonds is 7. The number of aromatic nitrogens is 4. The summed E-state index contributed by atoms with van der Waals surface area (Å²) in [5, 5.41) is 7.13. The van der Waals surface area contributed by atoms with E-state index in [2.05, 4.69) is 15.4 Å². The summed E-state index contributed by atoms with van der Waals surface area (Å²) < 4.78 is 3.77. The molecule has 0 bridgehead atoms. The van der Waals surface area contributed by atoms with Gasteiger partial charge in [-0.3, -0.25) is 9.48 Å². The van der Waals surface area contributed by atoms with E-state index in [1.807, 2.05) is 29.4 Å². The summed E-state index contributed by atoms with van der Waals surface area (Å²) in [4.78, 5) is 16.4. The SMILES string of the molecule is Cc1c(C(=O)NCCc2nccn2C)cnn1CCCN. The molecule has 3 N–H and O–H groups in total. The van der Waals surface area contributed by atoms with Crippen LogP contribution >= 0.6 is 0 Å². The molecule has 2 aromatic rings. The molecule has 7 nitrogen and oxygen atoms in total. The Kier molecular flexibility index (Phi) is 5.10. The molecule has 2 rings (SSSR count). The van der Waals surface area contributed by atoms with Crippen molar-refractivity contribution in [2.45, 2.75) is 26.3 Å². The van der Waals surface area contributed by atoms with E-state index in [1.165, 1.54) is 0 Å². The topological polar surface area (TPSA) is 90.8 Å². The second-order valence-electron chi connectivity index (χ2n) is 4.97. The van der Waals surface area contributed by atoms with Gasteiger partial charge in [-0.25, -0.2) is 4.98 Å².